The molecule has 126 valence electrons. The third-order valence-electron chi connectivity index (χ3n) is 3.91. The Morgan fingerprint density at radius 2 is 1.96 bits per heavy atom. The van der Waals surface area contributed by atoms with Gasteiger partial charge in [0, 0.05) is 7.05 Å². The summed E-state index contributed by atoms with van der Waals surface area (Å²) in [5, 5.41) is 17.0. The smallest absolute Gasteiger partial charge is 0.241 e. The van der Waals surface area contributed by atoms with Crippen LogP contribution >= 0.6 is 0 Å². The Bertz CT molecular complexity index is 740. The molecule has 2 rings (SSSR count). The topological polar surface area (TPSA) is 97.1 Å². The van der Waals surface area contributed by atoms with Gasteiger partial charge in [0.1, 0.15) is 12.4 Å². The number of hydrogen-bond acceptors (Lipinski definition) is 5. The zero-order valence-electron chi connectivity index (χ0n) is 13.5. The number of sulfonamides is 1. The molecule has 7 nitrogen and oxygen atoms in total. The Hall–Kier alpha value is -1.77. The highest BCUT2D eigenvalue weighted by molar-refractivity contribution is 7.89. The van der Waals surface area contributed by atoms with Gasteiger partial charge in [-0.1, -0.05) is 26.0 Å². The number of rotatable bonds is 7. The van der Waals surface area contributed by atoms with Crippen LogP contribution in [-0.2, 0) is 17.1 Å². The van der Waals surface area contributed by atoms with Gasteiger partial charge in [-0.25, -0.2) is 8.42 Å². The standard InChI is InChI=1S/C15H22N4O3S/c1-4-11(2)12-5-7-13(8-6-12)23(21,22)18-14(9-20)15-17-16-10-19(15)3/h5-8,10-11,14,18,20H,4,9H2,1-3H3. The second-order valence-corrected chi connectivity index (χ2v) is 7.25. The lowest BCUT2D eigenvalue weighted by Gasteiger charge is -2.16. The molecule has 0 saturated carbocycles. The summed E-state index contributed by atoms with van der Waals surface area (Å²) >= 11 is 0. The first-order valence-corrected chi connectivity index (χ1v) is 8.94. The summed E-state index contributed by atoms with van der Waals surface area (Å²) in [5.41, 5.74) is 1.10. The largest absolute Gasteiger partial charge is 0.394 e. The van der Waals surface area contributed by atoms with E-state index in [9.17, 15) is 13.5 Å². The van der Waals surface area contributed by atoms with E-state index in [1.54, 1.807) is 23.7 Å². The predicted molar refractivity (Wildman–Crippen MR) is 86.3 cm³/mol. The molecule has 2 atom stereocenters. The third-order valence-corrected chi connectivity index (χ3v) is 5.40. The van der Waals surface area contributed by atoms with E-state index in [0.717, 1.165) is 12.0 Å². The predicted octanol–water partition coefficient (Wildman–Crippen LogP) is 1.34. The highest BCUT2D eigenvalue weighted by atomic mass is 32.2. The van der Waals surface area contributed by atoms with Crippen LogP contribution in [0.1, 0.15) is 43.6 Å². The molecule has 1 heterocycles. The van der Waals surface area contributed by atoms with Gasteiger partial charge in [0.2, 0.25) is 10.0 Å². The summed E-state index contributed by atoms with van der Waals surface area (Å²) in [6.07, 6.45) is 2.44. The molecule has 2 unspecified atom stereocenters. The van der Waals surface area contributed by atoms with Crippen molar-refractivity contribution in [2.45, 2.75) is 37.1 Å². The van der Waals surface area contributed by atoms with E-state index in [0.29, 0.717) is 11.7 Å². The van der Waals surface area contributed by atoms with E-state index < -0.39 is 22.7 Å². The Morgan fingerprint density at radius 3 is 2.43 bits per heavy atom. The SMILES string of the molecule is CCC(C)c1ccc(S(=O)(=O)NC(CO)c2nncn2C)cc1. The third kappa shape index (κ3) is 3.95. The van der Waals surface area contributed by atoms with Crippen LogP contribution in [0.5, 0.6) is 0 Å². The molecular weight excluding hydrogens is 316 g/mol. The van der Waals surface area contributed by atoms with Crippen LogP contribution in [0.25, 0.3) is 0 Å². The average Bonchev–Trinajstić information content (AvgIpc) is 2.98. The Morgan fingerprint density at radius 1 is 1.30 bits per heavy atom. The molecule has 0 spiro atoms. The summed E-state index contributed by atoms with van der Waals surface area (Å²) in [7, 11) is -2.07. The fourth-order valence-corrected chi connectivity index (χ4v) is 3.43. The van der Waals surface area contributed by atoms with Gasteiger partial charge in [-0.2, -0.15) is 4.72 Å². The normalized spacial score (nSPS) is 14.6. The molecule has 0 aliphatic carbocycles. The molecule has 2 N–H and O–H groups in total. The summed E-state index contributed by atoms with van der Waals surface area (Å²) in [4.78, 5) is 0.158. The van der Waals surface area contributed by atoms with Crippen molar-refractivity contribution in [2.24, 2.45) is 7.05 Å². The van der Waals surface area contributed by atoms with Crippen molar-refractivity contribution >= 4 is 10.0 Å². The first-order valence-electron chi connectivity index (χ1n) is 7.46. The number of aryl methyl sites for hydroxylation is 1. The maximum atomic E-state index is 12.5. The van der Waals surface area contributed by atoms with Gasteiger partial charge in [0.25, 0.3) is 0 Å². The lowest BCUT2D eigenvalue weighted by Crippen LogP contribution is -2.32. The van der Waals surface area contributed by atoms with Gasteiger partial charge in [-0.05, 0) is 30.0 Å². The van der Waals surface area contributed by atoms with Crippen molar-refractivity contribution in [3.63, 3.8) is 0 Å². The van der Waals surface area contributed by atoms with Crippen molar-refractivity contribution in [3.05, 3.63) is 42.0 Å². The van der Waals surface area contributed by atoms with E-state index in [2.05, 4.69) is 28.8 Å². The Balaban J connectivity index is 2.22. The van der Waals surface area contributed by atoms with Crippen LogP contribution in [0.2, 0.25) is 0 Å². The van der Waals surface area contributed by atoms with Gasteiger partial charge < -0.3 is 9.67 Å². The molecule has 23 heavy (non-hydrogen) atoms. The zero-order valence-corrected chi connectivity index (χ0v) is 14.3. The lowest BCUT2D eigenvalue weighted by atomic mass is 9.99. The molecule has 0 saturated heterocycles. The molecule has 0 aliphatic rings. The lowest BCUT2D eigenvalue weighted by molar-refractivity contribution is 0.251. The fourth-order valence-electron chi connectivity index (χ4n) is 2.25. The number of aliphatic hydroxyl groups excluding tert-OH is 1. The first-order chi connectivity index (χ1) is 10.9. The zero-order chi connectivity index (χ0) is 17.0. The van der Waals surface area contributed by atoms with E-state index in [-0.39, 0.29) is 4.90 Å². The van der Waals surface area contributed by atoms with Gasteiger partial charge in [-0.15, -0.1) is 10.2 Å². The molecule has 0 fully saturated rings. The molecule has 0 aliphatic heterocycles. The van der Waals surface area contributed by atoms with Crippen molar-refractivity contribution in [1.29, 1.82) is 0 Å². The molecule has 1 aromatic heterocycles. The molecule has 0 radical (unpaired) electrons. The number of hydrogen-bond donors (Lipinski definition) is 2. The van der Waals surface area contributed by atoms with Crippen LogP contribution < -0.4 is 4.72 Å². The first kappa shape index (κ1) is 17.6. The molecule has 1 aromatic carbocycles. The maximum Gasteiger partial charge on any atom is 0.241 e. The average molecular weight is 338 g/mol. The van der Waals surface area contributed by atoms with Crippen LogP contribution in [0.4, 0.5) is 0 Å². The summed E-state index contributed by atoms with van der Waals surface area (Å²) in [5.74, 6) is 0.732. The minimum Gasteiger partial charge on any atom is -0.394 e. The van der Waals surface area contributed by atoms with E-state index in [4.69, 9.17) is 0 Å². The number of aromatic nitrogens is 3. The molecule has 2 aromatic rings. The summed E-state index contributed by atoms with van der Waals surface area (Å²) < 4.78 is 29.0. The quantitative estimate of drug-likeness (QED) is 0.794. The second kappa shape index (κ2) is 7.20. The van der Waals surface area contributed by atoms with Crippen LogP contribution in [0, 0.1) is 0 Å². The number of nitrogens with zero attached hydrogens (tertiary/aromatic N) is 3. The van der Waals surface area contributed by atoms with Crippen molar-refractivity contribution in [1.82, 2.24) is 19.5 Å². The highest BCUT2D eigenvalue weighted by Gasteiger charge is 2.24. The highest BCUT2D eigenvalue weighted by Crippen LogP contribution is 2.21. The fraction of sp³-hybridized carbons (Fsp3) is 0.467. The molecule has 0 amide bonds. The Labute approximate surface area is 136 Å². The van der Waals surface area contributed by atoms with Gasteiger partial charge in [0.15, 0.2) is 5.82 Å². The van der Waals surface area contributed by atoms with E-state index in [1.807, 2.05) is 12.1 Å². The number of aliphatic hydroxyl groups is 1. The molecular formula is C15H22N4O3S. The summed E-state index contributed by atoms with van der Waals surface area (Å²) in [6.45, 7) is 3.78. The van der Waals surface area contributed by atoms with E-state index >= 15 is 0 Å². The monoisotopic (exact) mass is 338 g/mol. The van der Waals surface area contributed by atoms with Gasteiger partial charge in [0.05, 0.1) is 11.5 Å². The molecule has 8 heteroatoms. The van der Waals surface area contributed by atoms with Crippen molar-refractivity contribution in [2.75, 3.05) is 6.61 Å². The summed E-state index contributed by atoms with van der Waals surface area (Å²) in [6, 6.07) is 5.95. The van der Waals surface area contributed by atoms with Gasteiger partial charge in [-0.3, -0.25) is 0 Å². The second-order valence-electron chi connectivity index (χ2n) is 5.53. The van der Waals surface area contributed by atoms with Crippen LogP contribution in [-0.4, -0.2) is 34.9 Å². The van der Waals surface area contributed by atoms with E-state index in [1.165, 1.54) is 6.33 Å². The van der Waals surface area contributed by atoms with Gasteiger partial charge >= 0.3 is 0 Å². The van der Waals surface area contributed by atoms with Crippen LogP contribution in [0.15, 0.2) is 35.5 Å². The van der Waals surface area contributed by atoms with Crippen molar-refractivity contribution < 1.29 is 13.5 Å². The minimum absolute atomic E-state index is 0.158. The maximum absolute atomic E-state index is 12.5. The van der Waals surface area contributed by atoms with Crippen LogP contribution in [0.3, 0.4) is 0 Å². The number of benzene rings is 1. The molecule has 0 bridgehead atoms. The minimum atomic E-state index is -3.75. The van der Waals surface area contributed by atoms with Crippen molar-refractivity contribution in [3.8, 4) is 0 Å². The Kier molecular flexibility index (Phi) is 5.51. The number of nitrogens with one attached hydrogen (secondary N) is 1.